The number of nitrogens with one attached hydrogen (secondary N) is 3. The number of fused-ring (bicyclic) bond motifs is 1. The Labute approximate surface area is 248 Å². The summed E-state index contributed by atoms with van der Waals surface area (Å²) in [5.41, 5.74) is 7.93. The lowest BCUT2D eigenvalue weighted by atomic mass is 9.99. The van der Waals surface area contributed by atoms with Gasteiger partial charge in [0.15, 0.2) is 0 Å². The van der Waals surface area contributed by atoms with E-state index in [4.69, 9.17) is 15.9 Å². The fourth-order valence-electron chi connectivity index (χ4n) is 7.47. The highest BCUT2D eigenvalue weighted by Gasteiger charge is 2.43. The molecule has 4 heterocycles. The fraction of sp³-hybridized carbons (Fsp3) is 0.485. The summed E-state index contributed by atoms with van der Waals surface area (Å²) in [6.07, 6.45) is 6.34. The van der Waals surface area contributed by atoms with Gasteiger partial charge in [0.1, 0.15) is 29.5 Å². The van der Waals surface area contributed by atoms with Gasteiger partial charge < -0.3 is 30.9 Å². The molecule has 0 amide bonds. The number of hydrogen-bond acceptors (Lipinski definition) is 9. The second kappa shape index (κ2) is 12.0. The Hall–Kier alpha value is -3.53. The van der Waals surface area contributed by atoms with E-state index in [-0.39, 0.29) is 0 Å². The van der Waals surface area contributed by atoms with E-state index < -0.39 is 0 Å². The lowest BCUT2D eigenvalue weighted by Gasteiger charge is -2.37. The number of aromatic nitrogens is 2. The summed E-state index contributed by atoms with van der Waals surface area (Å²) in [7, 11) is 0. The number of rotatable bonds is 9. The zero-order valence-electron chi connectivity index (χ0n) is 24.2. The lowest BCUT2D eigenvalue weighted by Crippen LogP contribution is -2.48. The summed E-state index contributed by atoms with van der Waals surface area (Å²) < 4.78 is 5.92. The second-order valence-corrected chi connectivity index (χ2v) is 12.6. The first kappa shape index (κ1) is 27.3. The summed E-state index contributed by atoms with van der Waals surface area (Å²) in [5, 5.41) is 16.0. The summed E-state index contributed by atoms with van der Waals surface area (Å²) in [6.45, 7) is 8.54. The Morgan fingerprint density at radius 3 is 2.31 bits per heavy atom. The van der Waals surface area contributed by atoms with Crippen LogP contribution in [0, 0.1) is 23.2 Å². The number of anilines is 2. The molecule has 9 heteroatoms. The smallest absolute Gasteiger partial charge is 0.141 e. The van der Waals surface area contributed by atoms with E-state index in [0.29, 0.717) is 29.0 Å². The third-order valence-corrected chi connectivity index (χ3v) is 9.82. The number of nitrogens with zero attached hydrogens (tertiary/aromatic N) is 4. The minimum Gasteiger partial charge on any atom is -0.457 e. The largest absolute Gasteiger partial charge is 0.457 e. The molecule has 0 bridgehead atoms. The predicted molar refractivity (Wildman–Crippen MR) is 166 cm³/mol. The molecule has 1 aliphatic carbocycles. The van der Waals surface area contributed by atoms with E-state index in [2.05, 4.69) is 30.4 Å². The molecule has 3 aliphatic heterocycles. The van der Waals surface area contributed by atoms with Crippen molar-refractivity contribution in [2.24, 2.45) is 17.8 Å². The highest BCUT2D eigenvalue weighted by molar-refractivity contribution is 6.16. The minimum absolute atomic E-state index is 0.302. The first-order valence-corrected chi connectivity index (χ1v) is 15.6. The molecule has 3 saturated heterocycles. The van der Waals surface area contributed by atoms with E-state index in [9.17, 15) is 0 Å². The molecule has 2 atom stereocenters. The molecular formula is C33H42N8O. The van der Waals surface area contributed by atoms with Crippen LogP contribution >= 0.6 is 0 Å². The van der Waals surface area contributed by atoms with Crippen molar-refractivity contribution in [1.29, 1.82) is 5.41 Å². The molecule has 1 aromatic heterocycles. The van der Waals surface area contributed by atoms with Crippen LogP contribution in [0.3, 0.4) is 0 Å². The van der Waals surface area contributed by atoms with Gasteiger partial charge >= 0.3 is 0 Å². The van der Waals surface area contributed by atoms with Gasteiger partial charge in [0.25, 0.3) is 0 Å². The van der Waals surface area contributed by atoms with Gasteiger partial charge in [-0.05, 0) is 79.8 Å². The Morgan fingerprint density at radius 1 is 0.952 bits per heavy atom. The van der Waals surface area contributed by atoms with Gasteiger partial charge in [0, 0.05) is 63.5 Å². The van der Waals surface area contributed by atoms with E-state index in [1.54, 1.807) is 0 Å². The average Bonchev–Trinajstić information content (AvgIpc) is 3.55. The third kappa shape index (κ3) is 5.86. The van der Waals surface area contributed by atoms with Crippen LogP contribution < -0.4 is 21.1 Å². The molecule has 2 aromatic carbocycles. The average molecular weight is 567 g/mol. The zero-order chi connectivity index (χ0) is 28.5. The number of piperidine rings is 1. The standard InChI is InChI=1S/C33H42N8O/c34-31(23-6-8-29(9-7-23)42-28-4-2-1-3-5-28)30-32(35)37-21-38-33(30)39-26-10-12-41(13-11-26)27-14-24-19-40(20-25(24)15-27)18-22-16-36-17-22/h1-9,21-22,24-27,34,36H,10-20H2,(H3,35,37,38,39). The van der Waals surface area contributed by atoms with Crippen molar-refractivity contribution in [3.63, 3.8) is 0 Å². The second-order valence-electron chi connectivity index (χ2n) is 12.6. The minimum atomic E-state index is 0.302. The normalized spacial score (nSPS) is 25.2. The fourth-order valence-corrected chi connectivity index (χ4v) is 7.47. The van der Waals surface area contributed by atoms with Crippen molar-refractivity contribution >= 4 is 17.3 Å². The number of nitrogen functional groups attached to an aromatic ring is 1. The number of para-hydroxylation sites is 1. The molecule has 3 aromatic rings. The van der Waals surface area contributed by atoms with E-state index in [1.165, 1.54) is 51.9 Å². The molecule has 4 aliphatic rings. The van der Waals surface area contributed by atoms with Gasteiger partial charge in [-0.25, -0.2) is 9.97 Å². The first-order chi connectivity index (χ1) is 20.6. The Balaban J connectivity index is 0.937. The quantitative estimate of drug-likeness (QED) is 0.287. The van der Waals surface area contributed by atoms with Gasteiger partial charge in [-0.15, -0.1) is 0 Å². The monoisotopic (exact) mass is 566 g/mol. The molecule has 0 radical (unpaired) electrons. The Bertz CT molecular complexity index is 1360. The molecular weight excluding hydrogens is 524 g/mol. The van der Waals surface area contributed by atoms with Crippen LogP contribution in [0.25, 0.3) is 0 Å². The van der Waals surface area contributed by atoms with Crippen molar-refractivity contribution in [3.8, 4) is 11.5 Å². The predicted octanol–water partition coefficient (Wildman–Crippen LogP) is 4.07. The number of likely N-dealkylation sites (tertiary alicyclic amines) is 2. The van der Waals surface area contributed by atoms with Crippen molar-refractivity contribution < 1.29 is 4.74 Å². The SMILES string of the molecule is N=C(c1ccc(Oc2ccccc2)cc1)c1c(N)ncnc1NC1CCN(C2CC3CN(CC4CNC4)CC3C2)CC1. The van der Waals surface area contributed by atoms with Crippen LogP contribution in [0.15, 0.2) is 60.9 Å². The van der Waals surface area contributed by atoms with E-state index in [1.807, 2.05) is 54.6 Å². The maximum Gasteiger partial charge on any atom is 0.141 e. The van der Waals surface area contributed by atoms with Crippen molar-refractivity contribution in [3.05, 3.63) is 72.1 Å². The number of ether oxygens (including phenoxy) is 1. The van der Waals surface area contributed by atoms with Crippen LogP contribution in [0.4, 0.5) is 11.6 Å². The third-order valence-electron chi connectivity index (χ3n) is 9.82. The summed E-state index contributed by atoms with van der Waals surface area (Å²) in [4.78, 5) is 14.2. The molecule has 220 valence electrons. The summed E-state index contributed by atoms with van der Waals surface area (Å²) in [6, 6.07) is 18.2. The molecule has 1 saturated carbocycles. The summed E-state index contributed by atoms with van der Waals surface area (Å²) in [5.74, 6) is 5.10. The van der Waals surface area contributed by atoms with Gasteiger partial charge in [0.05, 0.1) is 11.3 Å². The van der Waals surface area contributed by atoms with Crippen LogP contribution in [0.5, 0.6) is 11.5 Å². The molecule has 2 unspecified atom stereocenters. The van der Waals surface area contributed by atoms with Crippen molar-refractivity contribution in [2.45, 2.75) is 37.8 Å². The van der Waals surface area contributed by atoms with Gasteiger partial charge in [-0.1, -0.05) is 18.2 Å². The number of nitrogens with two attached hydrogens (primary N) is 1. The Morgan fingerprint density at radius 2 is 1.64 bits per heavy atom. The van der Waals surface area contributed by atoms with Crippen LogP contribution in [-0.4, -0.2) is 83.4 Å². The van der Waals surface area contributed by atoms with E-state index in [0.717, 1.165) is 66.8 Å². The first-order valence-electron chi connectivity index (χ1n) is 15.6. The van der Waals surface area contributed by atoms with Gasteiger partial charge in [0.2, 0.25) is 0 Å². The zero-order valence-corrected chi connectivity index (χ0v) is 24.2. The van der Waals surface area contributed by atoms with Crippen LogP contribution in [0.1, 0.15) is 36.8 Å². The lowest BCUT2D eigenvalue weighted by molar-refractivity contribution is 0.142. The van der Waals surface area contributed by atoms with Crippen molar-refractivity contribution in [2.75, 3.05) is 56.9 Å². The molecule has 9 nitrogen and oxygen atoms in total. The van der Waals surface area contributed by atoms with Crippen LogP contribution in [-0.2, 0) is 0 Å². The highest BCUT2D eigenvalue weighted by Crippen LogP contribution is 2.41. The Kier molecular flexibility index (Phi) is 7.80. The molecule has 5 N–H and O–H groups in total. The maximum absolute atomic E-state index is 8.98. The molecule has 42 heavy (non-hydrogen) atoms. The topological polar surface area (TPSA) is 115 Å². The van der Waals surface area contributed by atoms with Gasteiger partial charge in [-0.2, -0.15) is 0 Å². The number of hydrogen-bond donors (Lipinski definition) is 4. The number of benzene rings is 2. The molecule has 0 spiro atoms. The van der Waals surface area contributed by atoms with Gasteiger partial charge in [-0.3, -0.25) is 5.41 Å². The maximum atomic E-state index is 8.98. The highest BCUT2D eigenvalue weighted by atomic mass is 16.5. The van der Waals surface area contributed by atoms with Crippen molar-refractivity contribution in [1.82, 2.24) is 25.1 Å². The molecule has 4 fully saturated rings. The molecule has 7 rings (SSSR count). The van der Waals surface area contributed by atoms with Crippen LogP contribution in [0.2, 0.25) is 0 Å². The van der Waals surface area contributed by atoms with E-state index >= 15 is 0 Å². The summed E-state index contributed by atoms with van der Waals surface area (Å²) >= 11 is 0.